The minimum Gasteiger partial charge on any atom is -0.388 e. The number of aliphatic hydroxyl groups is 1. The van der Waals surface area contributed by atoms with Gasteiger partial charge >= 0.3 is 0 Å². The van der Waals surface area contributed by atoms with E-state index in [0.717, 1.165) is 6.20 Å². The van der Waals surface area contributed by atoms with Gasteiger partial charge in [0, 0.05) is 42.4 Å². The van der Waals surface area contributed by atoms with E-state index >= 15 is 0 Å². The van der Waals surface area contributed by atoms with E-state index in [9.17, 15) is 22.3 Å². The number of pyridine rings is 1. The van der Waals surface area contributed by atoms with E-state index in [2.05, 4.69) is 25.6 Å². The van der Waals surface area contributed by atoms with Gasteiger partial charge in [0.05, 0.1) is 17.2 Å². The lowest BCUT2D eigenvalue weighted by molar-refractivity contribution is 0.0730. The average molecular weight is 567 g/mol. The van der Waals surface area contributed by atoms with Gasteiger partial charge in [-0.05, 0) is 85.8 Å². The van der Waals surface area contributed by atoms with Gasteiger partial charge in [0.2, 0.25) is 16.0 Å². The molecule has 1 unspecified atom stereocenters. The van der Waals surface area contributed by atoms with Crippen LogP contribution in [-0.2, 0) is 10.0 Å². The summed E-state index contributed by atoms with van der Waals surface area (Å²) in [4.78, 5) is 12.5. The smallest absolute Gasteiger partial charge is 0.243 e. The second kappa shape index (κ2) is 11.6. The summed E-state index contributed by atoms with van der Waals surface area (Å²) in [5.41, 5.74) is 1.96. The molecule has 0 bridgehead atoms. The molecular formula is C28H28F2N6O3S. The molecule has 2 aromatic heterocycles. The zero-order valence-corrected chi connectivity index (χ0v) is 22.4. The molecule has 12 heteroatoms. The van der Waals surface area contributed by atoms with Crippen LogP contribution in [0.1, 0.15) is 30.1 Å². The summed E-state index contributed by atoms with van der Waals surface area (Å²) < 4.78 is 55.4. The van der Waals surface area contributed by atoms with E-state index in [1.807, 2.05) is 0 Å². The molecule has 0 amide bonds. The molecule has 1 atom stereocenters. The summed E-state index contributed by atoms with van der Waals surface area (Å²) >= 11 is 0. The van der Waals surface area contributed by atoms with Crippen LogP contribution in [-0.4, -0.2) is 45.9 Å². The second-order valence-corrected chi connectivity index (χ2v) is 11.5. The van der Waals surface area contributed by atoms with Gasteiger partial charge in [0.25, 0.3) is 0 Å². The minimum absolute atomic E-state index is 0.139. The molecule has 1 aliphatic heterocycles. The number of nitrogens with zero attached hydrogens (tertiary/aromatic N) is 4. The van der Waals surface area contributed by atoms with E-state index in [0.29, 0.717) is 41.5 Å². The molecule has 0 aliphatic carbocycles. The summed E-state index contributed by atoms with van der Waals surface area (Å²) in [6, 6.07) is 14.1. The third-order valence-corrected chi connectivity index (χ3v) is 8.81. The molecule has 9 nitrogen and oxygen atoms in total. The van der Waals surface area contributed by atoms with Crippen molar-refractivity contribution in [1.29, 1.82) is 0 Å². The van der Waals surface area contributed by atoms with Crippen LogP contribution in [0, 0.1) is 24.5 Å². The van der Waals surface area contributed by atoms with E-state index in [4.69, 9.17) is 0 Å². The molecule has 3 N–H and O–H groups in total. The molecule has 208 valence electrons. The van der Waals surface area contributed by atoms with Gasteiger partial charge in [0.1, 0.15) is 17.5 Å². The van der Waals surface area contributed by atoms with Crippen molar-refractivity contribution in [2.45, 2.75) is 30.8 Å². The molecule has 1 fully saturated rings. The lowest BCUT2D eigenvalue weighted by Gasteiger charge is -2.33. The highest BCUT2D eigenvalue weighted by Gasteiger charge is 2.33. The number of anilines is 4. The predicted octanol–water partition coefficient (Wildman–Crippen LogP) is 5.08. The van der Waals surface area contributed by atoms with Crippen molar-refractivity contribution in [3.05, 3.63) is 95.9 Å². The van der Waals surface area contributed by atoms with Crippen molar-refractivity contribution in [3.8, 4) is 0 Å². The third-order valence-electron chi connectivity index (χ3n) is 6.90. The van der Waals surface area contributed by atoms with Crippen molar-refractivity contribution in [2.75, 3.05) is 23.7 Å². The Balaban J connectivity index is 1.20. The number of sulfonamides is 1. The number of hydrogen-bond donors (Lipinski definition) is 3. The number of halogens is 2. The second-order valence-electron chi connectivity index (χ2n) is 9.59. The van der Waals surface area contributed by atoms with Gasteiger partial charge in [-0.2, -0.15) is 9.29 Å². The number of aromatic nitrogens is 3. The largest absolute Gasteiger partial charge is 0.388 e. The van der Waals surface area contributed by atoms with Gasteiger partial charge in [-0.1, -0.05) is 0 Å². The van der Waals surface area contributed by atoms with E-state index in [-0.39, 0.29) is 35.3 Å². The molecule has 2 aromatic carbocycles. The van der Waals surface area contributed by atoms with Crippen LogP contribution in [0.5, 0.6) is 0 Å². The van der Waals surface area contributed by atoms with Crippen LogP contribution in [0.15, 0.2) is 78.1 Å². The molecular weight excluding hydrogens is 538 g/mol. The normalized spacial score (nSPS) is 15.5. The molecule has 0 spiro atoms. The van der Waals surface area contributed by atoms with Crippen LogP contribution in [0.25, 0.3) is 0 Å². The summed E-state index contributed by atoms with van der Waals surface area (Å²) in [6.07, 6.45) is 3.84. The highest BCUT2D eigenvalue weighted by molar-refractivity contribution is 7.89. The summed E-state index contributed by atoms with van der Waals surface area (Å²) in [6.45, 7) is 2.12. The van der Waals surface area contributed by atoms with Crippen molar-refractivity contribution >= 4 is 33.2 Å². The van der Waals surface area contributed by atoms with E-state index in [1.54, 1.807) is 43.5 Å². The van der Waals surface area contributed by atoms with Gasteiger partial charge in [0.15, 0.2) is 0 Å². The SMILES string of the molecule is Cc1cc(Nc2ccnc(Nc3ccc(S(=O)(=O)N4CCC(C(O)c5ccncc5F)CC4)cc3)n2)ccc1F. The van der Waals surface area contributed by atoms with Crippen LogP contribution >= 0.6 is 0 Å². The highest BCUT2D eigenvalue weighted by atomic mass is 32.2. The molecule has 40 heavy (non-hydrogen) atoms. The lowest BCUT2D eigenvalue weighted by atomic mass is 9.88. The molecule has 1 saturated heterocycles. The standard InChI is InChI=1S/C28H28F2N6O3S/c1-18-16-21(4-7-24(18)29)33-26-9-13-32-28(35-26)34-20-2-5-22(6-3-20)40(38,39)36-14-10-19(11-15-36)27(37)23-8-12-31-17-25(23)30/h2-9,12-13,16-17,19,27,37H,10-11,14-15H2,1H3,(H2,32,33,34,35). The Hall–Kier alpha value is -4.00. The quantitative estimate of drug-likeness (QED) is 0.270. The number of hydrogen-bond acceptors (Lipinski definition) is 8. The number of rotatable bonds is 8. The van der Waals surface area contributed by atoms with Crippen molar-refractivity contribution in [3.63, 3.8) is 0 Å². The van der Waals surface area contributed by atoms with Crippen molar-refractivity contribution in [1.82, 2.24) is 19.3 Å². The van der Waals surface area contributed by atoms with Crippen molar-refractivity contribution < 1.29 is 22.3 Å². The number of piperidine rings is 1. The Bertz CT molecular complexity index is 1600. The van der Waals surface area contributed by atoms with Gasteiger partial charge in [-0.15, -0.1) is 0 Å². The molecule has 1 aliphatic rings. The van der Waals surface area contributed by atoms with Gasteiger partial charge < -0.3 is 15.7 Å². The Kier molecular flexibility index (Phi) is 8.01. The van der Waals surface area contributed by atoms with E-state index < -0.39 is 21.9 Å². The van der Waals surface area contributed by atoms with Crippen LogP contribution in [0.2, 0.25) is 0 Å². The number of aryl methyl sites for hydroxylation is 1. The van der Waals surface area contributed by atoms with Crippen molar-refractivity contribution in [2.24, 2.45) is 5.92 Å². The van der Waals surface area contributed by atoms with Gasteiger partial charge in [-0.3, -0.25) is 4.98 Å². The average Bonchev–Trinajstić information content (AvgIpc) is 2.95. The molecule has 4 aromatic rings. The van der Waals surface area contributed by atoms with E-state index in [1.165, 1.54) is 34.8 Å². The van der Waals surface area contributed by atoms with Crippen LogP contribution in [0.3, 0.4) is 0 Å². The predicted molar refractivity (Wildman–Crippen MR) is 147 cm³/mol. The molecule has 3 heterocycles. The first-order valence-electron chi connectivity index (χ1n) is 12.7. The summed E-state index contributed by atoms with van der Waals surface area (Å²) in [5.74, 6) is -0.321. The number of nitrogens with one attached hydrogen (secondary N) is 2. The van der Waals surface area contributed by atoms with Crippen LogP contribution in [0.4, 0.5) is 31.9 Å². The Morgan fingerprint density at radius 2 is 1.68 bits per heavy atom. The van der Waals surface area contributed by atoms with Gasteiger partial charge in [-0.25, -0.2) is 22.2 Å². The lowest BCUT2D eigenvalue weighted by Crippen LogP contribution is -2.39. The fraction of sp³-hybridized carbons (Fsp3) is 0.250. The first kappa shape index (κ1) is 27.6. The fourth-order valence-electron chi connectivity index (χ4n) is 4.66. The topological polar surface area (TPSA) is 120 Å². The third kappa shape index (κ3) is 6.09. The monoisotopic (exact) mass is 566 g/mol. The molecule has 5 rings (SSSR count). The Labute approximate surface area is 231 Å². The van der Waals surface area contributed by atoms with Crippen LogP contribution < -0.4 is 10.6 Å². The first-order chi connectivity index (χ1) is 19.2. The molecule has 0 saturated carbocycles. The maximum atomic E-state index is 14.0. The highest BCUT2D eigenvalue weighted by Crippen LogP contribution is 2.33. The maximum absolute atomic E-state index is 14.0. The Morgan fingerprint density at radius 3 is 2.38 bits per heavy atom. The minimum atomic E-state index is -3.75. The number of benzene rings is 2. The first-order valence-corrected chi connectivity index (χ1v) is 14.2. The molecule has 0 radical (unpaired) electrons. The Morgan fingerprint density at radius 1 is 0.950 bits per heavy atom. The maximum Gasteiger partial charge on any atom is 0.243 e. The summed E-state index contributed by atoms with van der Waals surface area (Å²) in [7, 11) is -3.75. The fourth-order valence-corrected chi connectivity index (χ4v) is 6.13. The zero-order chi connectivity index (χ0) is 28.3. The number of aliphatic hydroxyl groups excluding tert-OH is 1. The summed E-state index contributed by atoms with van der Waals surface area (Å²) in [5, 5.41) is 16.8. The zero-order valence-electron chi connectivity index (χ0n) is 21.6.